The Labute approximate surface area is 95.6 Å². The highest BCUT2D eigenvalue weighted by atomic mass is 14.4. The summed E-state index contributed by atoms with van der Waals surface area (Å²) >= 11 is 0. The molecule has 0 aromatic heterocycles. The van der Waals surface area contributed by atoms with E-state index < -0.39 is 5.92 Å². The lowest BCUT2D eigenvalue weighted by Crippen LogP contribution is -2.03. The second-order valence-electron chi connectivity index (χ2n) is 3.30. The van der Waals surface area contributed by atoms with Crippen LogP contribution in [0.3, 0.4) is 0 Å². The van der Waals surface area contributed by atoms with Crippen LogP contribution in [0.5, 0.6) is 0 Å². The summed E-state index contributed by atoms with van der Waals surface area (Å²) in [6, 6.07) is 7.08. The van der Waals surface area contributed by atoms with Gasteiger partial charge in [-0.2, -0.15) is 21.0 Å². The van der Waals surface area contributed by atoms with Crippen molar-refractivity contribution in [1.29, 1.82) is 21.0 Å². The number of rotatable bonds is 5. The zero-order valence-electron chi connectivity index (χ0n) is 9.19. The van der Waals surface area contributed by atoms with Gasteiger partial charge in [-0.3, -0.25) is 0 Å². The van der Waals surface area contributed by atoms with Gasteiger partial charge in [-0.25, -0.2) is 0 Å². The Balaban J connectivity index is 4.90. The molecule has 0 bridgehead atoms. The second-order valence-corrected chi connectivity index (χ2v) is 3.30. The molecule has 1 unspecified atom stereocenters. The van der Waals surface area contributed by atoms with Crippen LogP contribution in [-0.2, 0) is 0 Å². The predicted octanol–water partition coefficient (Wildman–Crippen LogP) is 2.57. The summed E-state index contributed by atoms with van der Waals surface area (Å²) in [4.78, 5) is 0. The number of unbranched alkanes of at least 4 members (excludes halogenated alkanes) is 2. The van der Waals surface area contributed by atoms with E-state index in [1.165, 1.54) is 0 Å². The highest BCUT2D eigenvalue weighted by Crippen LogP contribution is 2.20. The Kier molecular flexibility index (Phi) is 6.89. The molecule has 0 aliphatic rings. The lowest BCUT2D eigenvalue weighted by Gasteiger charge is -2.06. The van der Waals surface area contributed by atoms with Crippen molar-refractivity contribution < 1.29 is 0 Å². The molecular weight excluding hydrogens is 200 g/mol. The summed E-state index contributed by atoms with van der Waals surface area (Å²) in [6.07, 6.45) is 3.35. The van der Waals surface area contributed by atoms with Crippen molar-refractivity contribution in [2.45, 2.75) is 32.6 Å². The van der Waals surface area contributed by atoms with Crippen molar-refractivity contribution in [3.63, 3.8) is 0 Å². The fourth-order valence-electron chi connectivity index (χ4n) is 1.33. The van der Waals surface area contributed by atoms with Crippen LogP contribution in [-0.4, -0.2) is 0 Å². The first-order valence-electron chi connectivity index (χ1n) is 5.09. The highest BCUT2D eigenvalue weighted by molar-refractivity contribution is 5.48. The molecule has 4 nitrogen and oxygen atoms in total. The fourth-order valence-corrected chi connectivity index (χ4v) is 1.33. The Morgan fingerprint density at radius 2 is 1.62 bits per heavy atom. The Bertz CT molecular complexity index is 404. The van der Waals surface area contributed by atoms with Gasteiger partial charge in [-0.15, -0.1) is 0 Å². The van der Waals surface area contributed by atoms with E-state index in [4.69, 9.17) is 21.0 Å². The minimum absolute atomic E-state index is 0.00334. The van der Waals surface area contributed by atoms with E-state index in [1.807, 2.05) is 13.0 Å². The minimum Gasteiger partial charge on any atom is -0.198 e. The maximum absolute atomic E-state index is 8.91. The third-order valence-electron chi connectivity index (χ3n) is 2.21. The van der Waals surface area contributed by atoms with Gasteiger partial charge in [0.25, 0.3) is 0 Å². The predicted molar refractivity (Wildman–Crippen MR) is 57.1 cm³/mol. The summed E-state index contributed by atoms with van der Waals surface area (Å²) in [5, 5.41) is 35.1. The van der Waals surface area contributed by atoms with Crippen LogP contribution in [0.2, 0.25) is 0 Å². The van der Waals surface area contributed by atoms with E-state index in [0.717, 1.165) is 19.3 Å². The quantitative estimate of drug-likeness (QED) is 0.516. The maximum atomic E-state index is 8.91. The van der Waals surface area contributed by atoms with Gasteiger partial charge in [-0.05, 0) is 6.42 Å². The molecule has 4 heteroatoms. The summed E-state index contributed by atoms with van der Waals surface area (Å²) < 4.78 is 0. The summed E-state index contributed by atoms with van der Waals surface area (Å²) in [5.74, 6) is -0.633. The molecule has 0 saturated carbocycles. The first kappa shape index (κ1) is 13.7. The van der Waals surface area contributed by atoms with Gasteiger partial charge in [0.2, 0.25) is 0 Å². The maximum Gasteiger partial charge on any atom is 0.144 e. The molecule has 0 aliphatic heterocycles. The normalized spacial score (nSPS) is 10.1. The van der Waals surface area contributed by atoms with Crippen molar-refractivity contribution in [1.82, 2.24) is 0 Å². The average Bonchev–Trinajstić information content (AvgIpc) is 2.32. The third-order valence-corrected chi connectivity index (χ3v) is 2.21. The molecule has 0 heterocycles. The molecule has 16 heavy (non-hydrogen) atoms. The summed E-state index contributed by atoms with van der Waals surface area (Å²) in [6.45, 7) is 2.04. The SMILES string of the molecule is CCCCCC(C#N)C(C#N)=C(C#N)C#N. The largest absolute Gasteiger partial charge is 0.198 e. The van der Waals surface area contributed by atoms with Crippen molar-refractivity contribution in [2.75, 3.05) is 0 Å². The van der Waals surface area contributed by atoms with Crippen LogP contribution < -0.4 is 0 Å². The molecule has 0 aromatic rings. The van der Waals surface area contributed by atoms with Gasteiger partial charge in [0.1, 0.15) is 17.7 Å². The number of hydrogen-bond donors (Lipinski definition) is 0. The van der Waals surface area contributed by atoms with Gasteiger partial charge in [0.05, 0.1) is 23.6 Å². The standard InChI is InChI=1S/C12H12N4/c1-2-3-4-5-10(6-13)12(9-16)11(7-14)8-15/h10H,2-5H2,1H3. The lowest BCUT2D eigenvalue weighted by atomic mass is 9.92. The van der Waals surface area contributed by atoms with E-state index >= 15 is 0 Å². The van der Waals surface area contributed by atoms with Crippen LogP contribution >= 0.6 is 0 Å². The first-order valence-corrected chi connectivity index (χ1v) is 5.09. The molecule has 0 amide bonds. The molecule has 0 aromatic carbocycles. The molecule has 0 fully saturated rings. The van der Waals surface area contributed by atoms with Crippen molar-refractivity contribution in [3.05, 3.63) is 11.1 Å². The van der Waals surface area contributed by atoms with Crippen molar-refractivity contribution in [3.8, 4) is 24.3 Å². The lowest BCUT2D eigenvalue weighted by molar-refractivity contribution is 0.606. The van der Waals surface area contributed by atoms with Crippen LogP contribution in [0.15, 0.2) is 11.1 Å². The van der Waals surface area contributed by atoms with Crippen LogP contribution in [0.4, 0.5) is 0 Å². The molecule has 0 radical (unpaired) electrons. The topological polar surface area (TPSA) is 95.2 Å². The zero-order chi connectivity index (χ0) is 12.4. The molecule has 0 aliphatic carbocycles. The first-order chi connectivity index (χ1) is 7.74. The Morgan fingerprint density at radius 3 is 2.00 bits per heavy atom. The average molecular weight is 212 g/mol. The van der Waals surface area contributed by atoms with E-state index in [0.29, 0.717) is 6.42 Å². The number of hydrogen-bond acceptors (Lipinski definition) is 4. The third kappa shape index (κ3) is 3.83. The number of nitriles is 4. The molecule has 80 valence electrons. The summed E-state index contributed by atoms with van der Waals surface area (Å²) in [7, 11) is 0. The Morgan fingerprint density at radius 1 is 1.00 bits per heavy atom. The van der Waals surface area contributed by atoms with E-state index in [9.17, 15) is 0 Å². The van der Waals surface area contributed by atoms with E-state index in [-0.39, 0.29) is 11.1 Å². The molecule has 0 saturated heterocycles. The smallest absolute Gasteiger partial charge is 0.144 e. The van der Waals surface area contributed by atoms with Crippen molar-refractivity contribution >= 4 is 0 Å². The molecule has 0 rings (SSSR count). The molecule has 0 N–H and O–H groups in total. The van der Waals surface area contributed by atoms with E-state index in [1.54, 1.807) is 18.2 Å². The summed E-state index contributed by atoms with van der Waals surface area (Å²) in [5.41, 5.74) is -0.242. The van der Waals surface area contributed by atoms with Gasteiger partial charge in [0.15, 0.2) is 0 Å². The van der Waals surface area contributed by atoms with Gasteiger partial charge in [-0.1, -0.05) is 26.2 Å². The zero-order valence-corrected chi connectivity index (χ0v) is 9.19. The Hall–Kier alpha value is -2.30. The van der Waals surface area contributed by atoms with Gasteiger partial charge >= 0.3 is 0 Å². The van der Waals surface area contributed by atoms with Crippen LogP contribution in [0.25, 0.3) is 0 Å². The van der Waals surface area contributed by atoms with Crippen molar-refractivity contribution in [2.24, 2.45) is 5.92 Å². The molecule has 0 spiro atoms. The second kappa shape index (κ2) is 8.05. The minimum atomic E-state index is -0.633. The monoisotopic (exact) mass is 212 g/mol. The van der Waals surface area contributed by atoms with Crippen LogP contribution in [0.1, 0.15) is 32.6 Å². The number of allylic oxidation sites excluding steroid dienone is 2. The van der Waals surface area contributed by atoms with Crippen LogP contribution in [0, 0.1) is 51.2 Å². The molecular formula is C12H12N4. The van der Waals surface area contributed by atoms with Gasteiger partial charge < -0.3 is 0 Å². The number of nitrogens with zero attached hydrogens (tertiary/aromatic N) is 4. The fraction of sp³-hybridized carbons (Fsp3) is 0.500. The molecule has 1 atom stereocenters. The highest BCUT2D eigenvalue weighted by Gasteiger charge is 2.17. The van der Waals surface area contributed by atoms with E-state index in [2.05, 4.69) is 0 Å². The van der Waals surface area contributed by atoms with Gasteiger partial charge in [0, 0.05) is 0 Å².